The smallest absolute Gasteiger partial charge is 0.225 e. The number of carbonyl (C=O) groups is 1. The van der Waals surface area contributed by atoms with Gasteiger partial charge in [-0.1, -0.05) is 28.1 Å². The lowest BCUT2D eigenvalue weighted by molar-refractivity contribution is -0.116. The predicted octanol–water partition coefficient (Wildman–Crippen LogP) is 3.41. The summed E-state index contributed by atoms with van der Waals surface area (Å²) in [4.78, 5) is 17.7. The van der Waals surface area contributed by atoms with Crippen LogP contribution < -0.4 is 9.64 Å². The maximum absolute atomic E-state index is 11.8. The van der Waals surface area contributed by atoms with Crippen molar-refractivity contribution in [3.05, 3.63) is 52.6 Å². The van der Waals surface area contributed by atoms with E-state index in [2.05, 4.69) is 20.9 Å². The molecule has 2 rings (SSSR count). The number of rotatable bonds is 4. The molecule has 1 heterocycles. The Morgan fingerprint density at radius 2 is 2.00 bits per heavy atom. The van der Waals surface area contributed by atoms with Crippen LogP contribution in [0.15, 0.2) is 47.1 Å². The van der Waals surface area contributed by atoms with Crippen LogP contribution in [0.3, 0.4) is 0 Å². The topological polar surface area (TPSA) is 42.4 Å². The molecule has 104 valence electrons. The average molecular weight is 335 g/mol. The van der Waals surface area contributed by atoms with Gasteiger partial charge in [-0.3, -0.25) is 9.69 Å². The number of anilines is 1. The first-order chi connectivity index (χ1) is 9.60. The van der Waals surface area contributed by atoms with Crippen molar-refractivity contribution < 1.29 is 9.53 Å². The molecule has 0 aliphatic carbocycles. The molecule has 0 aliphatic rings. The number of hydrogen-bond donors (Lipinski definition) is 0. The minimum Gasteiger partial charge on any atom is -0.497 e. The molecule has 4 nitrogen and oxygen atoms in total. The van der Waals surface area contributed by atoms with Gasteiger partial charge in [-0.15, -0.1) is 0 Å². The van der Waals surface area contributed by atoms with Gasteiger partial charge in [0.25, 0.3) is 0 Å². The van der Waals surface area contributed by atoms with Gasteiger partial charge < -0.3 is 4.74 Å². The minimum absolute atomic E-state index is 0.0496. The molecule has 0 aliphatic heterocycles. The molecule has 0 radical (unpaired) electrons. The van der Waals surface area contributed by atoms with E-state index in [-0.39, 0.29) is 5.91 Å². The van der Waals surface area contributed by atoms with Crippen molar-refractivity contribution in [1.29, 1.82) is 0 Å². The number of aromatic nitrogens is 1. The van der Waals surface area contributed by atoms with Gasteiger partial charge in [-0.05, 0) is 29.8 Å². The van der Waals surface area contributed by atoms with E-state index in [9.17, 15) is 4.79 Å². The van der Waals surface area contributed by atoms with E-state index in [0.717, 1.165) is 15.8 Å². The summed E-state index contributed by atoms with van der Waals surface area (Å²) in [6.45, 7) is 2.01. The zero-order valence-electron chi connectivity index (χ0n) is 11.3. The maximum Gasteiger partial charge on any atom is 0.225 e. The summed E-state index contributed by atoms with van der Waals surface area (Å²) < 4.78 is 6.01. The average Bonchev–Trinajstić information content (AvgIpc) is 2.45. The third kappa shape index (κ3) is 3.57. The molecule has 2 aromatic rings. The van der Waals surface area contributed by atoms with Gasteiger partial charge in [0.15, 0.2) is 0 Å². The van der Waals surface area contributed by atoms with Gasteiger partial charge in [0.1, 0.15) is 11.6 Å². The Kier molecular flexibility index (Phi) is 4.74. The normalized spacial score (nSPS) is 10.2. The van der Waals surface area contributed by atoms with E-state index in [1.165, 1.54) is 6.92 Å². The molecule has 1 aromatic heterocycles. The van der Waals surface area contributed by atoms with Gasteiger partial charge in [-0.2, -0.15) is 0 Å². The van der Waals surface area contributed by atoms with Gasteiger partial charge in [0, 0.05) is 17.6 Å². The van der Waals surface area contributed by atoms with Crippen molar-refractivity contribution in [3.63, 3.8) is 0 Å². The standard InChI is InChI=1S/C15H15BrN2O2/c1-11(19)18(15-9-13(16)7-8-17-15)10-12-3-5-14(20-2)6-4-12/h3-9H,10H2,1-2H3. The van der Waals surface area contributed by atoms with Crippen molar-refractivity contribution in [1.82, 2.24) is 4.98 Å². The number of methoxy groups -OCH3 is 1. The molecule has 1 aromatic carbocycles. The molecule has 0 saturated heterocycles. The summed E-state index contributed by atoms with van der Waals surface area (Å²) in [5.74, 6) is 1.37. The highest BCUT2D eigenvalue weighted by atomic mass is 79.9. The molecule has 20 heavy (non-hydrogen) atoms. The summed E-state index contributed by atoms with van der Waals surface area (Å²) in [5.41, 5.74) is 1.02. The first-order valence-electron chi connectivity index (χ1n) is 6.13. The number of amides is 1. The van der Waals surface area contributed by atoms with Crippen LogP contribution in [0.5, 0.6) is 5.75 Å². The second-order valence-corrected chi connectivity index (χ2v) is 5.20. The molecular weight excluding hydrogens is 320 g/mol. The van der Waals surface area contributed by atoms with Crippen LogP contribution in [-0.2, 0) is 11.3 Å². The molecule has 0 saturated carbocycles. The van der Waals surface area contributed by atoms with E-state index >= 15 is 0 Å². The highest BCUT2D eigenvalue weighted by Gasteiger charge is 2.13. The second kappa shape index (κ2) is 6.52. The van der Waals surface area contributed by atoms with Crippen LogP contribution in [0.2, 0.25) is 0 Å². The fourth-order valence-electron chi connectivity index (χ4n) is 1.81. The fraction of sp³-hybridized carbons (Fsp3) is 0.200. The zero-order valence-corrected chi connectivity index (χ0v) is 12.9. The number of carbonyl (C=O) groups excluding carboxylic acids is 1. The van der Waals surface area contributed by atoms with Crippen molar-refractivity contribution in [2.75, 3.05) is 12.0 Å². The highest BCUT2D eigenvalue weighted by Crippen LogP contribution is 2.20. The second-order valence-electron chi connectivity index (χ2n) is 4.29. The van der Waals surface area contributed by atoms with Crippen LogP contribution in [0.25, 0.3) is 0 Å². The van der Waals surface area contributed by atoms with E-state index < -0.39 is 0 Å². The first kappa shape index (κ1) is 14.5. The van der Waals surface area contributed by atoms with E-state index in [1.807, 2.05) is 36.4 Å². The highest BCUT2D eigenvalue weighted by molar-refractivity contribution is 9.10. The third-order valence-electron chi connectivity index (χ3n) is 2.86. The summed E-state index contributed by atoms with van der Waals surface area (Å²) in [5, 5.41) is 0. The molecule has 0 bridgehead atoms. The molecule has 0 fully saturated rings. The Labute approximate surface area is 126 Å². The number of benzene rings is 1. The molecular formula is C15H15BrN2O2. The Balaban J connectivity index is 2.23. The summed E-state index contributed by atoms with van der Waals surface area (Å²) >= 11 is 3.39. The molecule has 0 N–H and O–H groups in total. The van der Waals surface area contributed by atoms with Crippen molar-refractivity contribution in [2.24, 2.45) is 0 Å². The van der Waals surface area contributed by atoms with E-state index in [0.29, 0.717) is 12.4 Å². The number of halogens is 1. The molecule has 1 amide bonds. The lowest BCUT2D eigenvalue weighted by Crippen LogP contribution is -2.28. The lowest BCUT2D eigenvalue weighted by atomic mass is 10.2. The molecule has 0 atom stereocenters. The van der Waals surface area contributed by atoms with Gasteiger partial charge in [0.2, 0.25) is 5.91 Å². The van der Waals surface area contributed by atoms with E-state index in [1.54, 1.807) is 18.2 Å². The van der Waals surface area contributed by atoms with Crippen molar-refractivity contribution in [3.8, 4) is 5.75 Å². The lowest BCUT2D eigenvalue weighted by Gasteiger charge is -2.20. The Morgan fingerprint density at radius 3 is 2.55 bits per heavy atom. The number of ether oxygens (including phenoxy) is 1. The monoisotopic (exact) mass is 334 g/mol. The maximum atomic E-state index is 11.8. The minimum atomic E-state index is -0.0496. The predicted molar refractivity (Wildman–Crippen MR) is 81.8 cm³/mol. The zero-order chi connectivity index (χ0) is 14.5. The number of hydrogen-bond acceptors (Lipinski definition) is 3. The van der Waals surface area contributed by atoms with E-state index in [4.69, 9.17) is 4.74 Å². The van der Waals surface area contributed by atoms with Crippen LogP contribution in [0.1, 0.15) is 12.5 Å². The summed E-state index contributed by atoms with van der Waals surface area (Å²) in [6.07, 6.45) is 1.67. The molecule has 0 unspecified atom stereocenters. The Morgan fingerprint density at radius 1 is 1.30 bits per heavy atom. The quantitative estimate of drug-likeness (QED) is 0.860. The number of nitrogens with zero attached hydrogens (tertiary/aromatic N) is 2. The SMILES string of the molecule is COc1ccc(CN(C(C)=O)c2cc(Br)ccn2)cc1. The molecule has 5 heteroatoms. The summed E-state index contributed by atoms with van der Waals surface area (Å²) in [6, 6.07) is 11.3. The summed E-state index contributed by atoms with van der Waals surface area (Å²) in [7, 11) is 1.63. The van der Waals surface area contributed by atoms with Crippen LogP contribution in [0, 0.1) is 0 Å². The van der Waals surface area contributed by atoms with Crippen LogP contribution in [0.4, 0.5) is 5.82 Å². The van der Waals surface area contributed by atoms with Gasteiger partial charge >= 0.3 is 0 Å². The van der Waals surface area contributed by atoms with Crippen LogP contribution >= 0.6 is 15.9 Å². The Bertz CT molecular complexity index is 599. The number of pyridine rings is 1. The molecule has 0 spiro atoms. The first-order valence-corrected chi connectivity index (χ1v) is 6.92. The van der Waals surface area contributed by atoms with Crippen molar-refractivity contribution in [2.45, 2.75) is 13.5 Å². The largest absolute Gasteiger partial charge is 0.497 e. The Hall–Kier alpha value is -1.88. The van der Waals surface area contributed by atoms with Crippen LogP contribution in [-0.4, -0.2) is 18.0 Å². The van der Waals surface area contributed by atoms with Gasteiger partial charge in [0.05, 0.1) is 13.7 Å². The van der Waals surface area contributed by atoms with Crippen molar-refractivity contribution >= 4 is 27.7 Å². The fourth-order valence-corrected chi connectivity index (χ4v) is 2.13. The van der Waals surface area contributed by atoms with Gasteiger partial charge in [-0.25, -0.2) is 4.98 Å². The third-order valence-corrected chi connectivity index (χ3v) is 3.36.